The number of rotatable bonds is 15. The molecule has 1 heterocycles. The van der Waals surface area contributed by atoms with Crippen LogP contribution in [0.25, 0.3) is 22.3 Å². The molecule has 3 aromatic rings. The number of benzene rings is 2. The lowest BCUT2D eigenvalue weighted by molar-refractivity contribution is -0.903. The number of fused-ring (bicyclic) bond motifs is 1. The first-order chi connectivity index (χ1) is 17.8. The summed E-state index contributed by atoms with van der Waals surface area (Å²) >= 11 is 0. The molecule has 0 aliphatic rings. The molecule has 0 radical (unpaired) electrons. The molecule has 1 aromatic heterocycles. The summed E-state index contributed by atoms with van der Waals surface area (Å²) in [6, 6.07) is 13.6. The molecule has 5 nitrogen and oxygen atoms in total. The van der Waals surface area contributed by atoms with Gasteiger partial charge in [0.2, 0.25) is 11.2 Å². The van der Waals surface area contributed by atoms with Crippen molar-refractivity contribution in [2.24, 2.45) is 0 Å². The number of aromatic hydroxyl groups is 1. The number of hydrogen-bond donors (Lipinski definition) is 1. The summed E-state index contributed by atoms with van der Waals surface area (Å²) in [5.41, 5.74) is 3.01. The van der Waals surface area contributed by atoms with Crippen molar-refractivity contribution in [3.8, 4) is 17.1 Å². The van der Waals surface area contributed by atoms with E-state index in [9.17, 15) is 9.90 Å². The maximum Gasteiger partial charge on any atom is 0.235 e. The quantitative estimate of drug-likeness (QED) is 0.206. The van der Waals surface area contributed by atoms with E-state index in [1.165, 1.54) is 51.4 Å². The van der Waals surface area contributed by atoms with Gasteiger partial charge in [0.15, 0.2) is 5.76 Å². The molecular weight excluding hydrogens is 540 g/mol. The van der Waals surface area contributed by atoms with Crippen LogP contribution in [-0.4, -0.2) is 43.3 Å². The Morgan fingerprint density at radius 3 is 2.05 bits per heavy atom. The predicted octanol–water partition coefficient (Wildman–Crippen LogP) is 4.73. The normalized spacial score (nSPS) is 11.5. The van der Waals surface area contributed by atoms with Crippen molar-refractivity contribution in [2.45, 2.75) is 78.7 Å². The van der Waals surface area contributed by atoms with Gasteiger partial charge in [0.1, 0.15) is 12.1 Å². The number of hydrogen-bond acceptors (Lipinski definition) is 4. The molecule has 0 unspecified atom stereocenters. The number of nitrogens with zero attached hydrogens (tertiary/aromatic N) is 2. The number of quaternary nitrogens is 1. The van der Waals surface area contributed by atoms with E-state index in [2.05, 4.69) is 39.8 Å². The fourth-order valence-corrected chi connectivity index (χ4v) is 5.19. The van der Waals surface area contributed by atoms with Gasteiger partial charge in [-0.1, -0.05) is 45.4 Å². The average molecular weight is 588 g/mol. The molecule has 0 saturated heterocycles. The second-order valence-electron chi connectivity index (χ2n) is 11.0. The van der Waals surface area contributed by atoms with E-state index >= 15 is 0 Å². The highest BCUT2D eigenvalue weighted by Crippen LogP contribution is 2.32. The van der Waals surface area contributed by atoms with Crippen LogP contribution in [0.2, 0.25) is 0 Å². The summed E-state index contributed by atoms with van der Waals surface area (Å²) in [7, 11) is 4.49. The van der Waals surface area contributed by atoms with Gasteiger partial charge in [-0.3, -0.25) is 4.79 Å². The number of halogens is 1. The van der Waals surface area contributed by atoms with Crippen LogP contribution in [0.3, 0.4) is 0 Å². The van der Waals surface area contributed by atoms with Crippen molar-refractivity contribution < 1.29 is 31.0 Å². The summed E-state index contributed by atoms with van der Waals surface area (Å²) < 4.78 is 6.93. The zero-order valence-electron chi connectivity index (χ0n) is 24.1. The lowest BCUT2D eigenvalue weighted by Gasteiger charge is -2.30. The fourth-order valence-electron chi connectivity index (χ4n) is 5.19. The molecule has 2 aromatic carbocycles. The molecule has 0 aliphatic heterocycles. The monoisotopic (exact) mass is 586 g/mol. The summed E-state index contributed by atoms with van der Waals surface area (Å²) in [6.45, 7) is 10.3. The third-order valence-corrected chi connectivity index (χ3v) is 7.42. The average Bonchev–Trinajstić information content (AvgIpc) is 2.89. The third kappa shape index (κ3) is 8.60. The van der Waals surface area contributed by atoms with Crippen molar-refractivity contribution in [3.63, 3.8) is 0 Å². The molecule has 3 rings (SSSR count). The maximum atomic E-state index is 13.1. The standard InChI is InChI=1S/C32H46N2O3.BrH/c1-6-9-10-11-12-13-14-15-22-34(4,5)24-25-16-21-29-28(23-25)30(35)31(36)32(37-29)26-17-19-27(20-18-26)33(7-2)8-3;/h16-21,23H,6-15,22,24H2,1-5H3;1H. The molecule has 0 atom stereocenters. The maximum absolute atomic E-state index is 13.1. The molecule has 6 heteroatoms. The lowest BCUT2D eigenvalue weighted by Crippen LogP contribution is -3.00. The molecule has 0 saturated carbocycles. The van der Waals surface area contributed by atoms with Gasteiger partial charge in [-0.05, 0) is 69.2 Å². The predicted molar refractivity (Wildman–Crippen MR) is 156 cm³/mol. The highest BCUT2D eigenvalue weighted by atomic mass is 79.9. The minimum absolute atomic E-state index is 0. The third-order valence-electron chi connectivity index (χ3n) is 7.42. The van der Waals surface area contributed by atoms with Gasteiger partial charge in [0.05, 0.1) is 26.0 Å². The number of unbranched alkanes of at least 4 members (excludes halogenated alkanes) is 7. The molecule has 0 bridgehead atoms. The molecule has 1 N–H and O–H groups in total. The van der Waals surface area contributed by atoms with E-state index in [1.807, 2.05) is 42.5 Å². The van der Waals surface area contributed by atoms with Gasteiger partial charge in [0, 0.05) is 29.9 Å². The zero-order valence-corrected chi connectivity index (χ0v) is 25.6. The van der Waals surface area contributed by atoms with Crippen LogP contribution in [-0.2, 0) is 6.54 Å². The zero-order chi connectivity index (χ0) is 26.8. The Labute approximate surface area is 239 Å². The Morgan fingerprint density at radius 1 is 0.842 bits per heavy atom. The molecule has 0 amide bonds. The van der Waals surface area contributed by atoms with E-state index in [4.69, 9.17) is 4.42 Å². The smallest absolute Gasteiger partial charge is 0.235 e. The van der Waals surface area contributed by atoms with E-state index in [1.54, 1.807) is 0 Å². The minimum Gasteiger partial charge on any atom is -1.00 e. The van der Waals surface area contributed by atoms with Crippen LogP contribution in [0.4, 0.5) is 5.69 Å². The van der Waals surface area contributed by atoms with Crippen molar-refractivity contribution in [1.29, 1.82) is 0 Å². The number of anilines is 1. The van der Waals surface area contributed by atoms with Crippen LogP contribution in [0.1, 0.15) is 77.7 Å². The van der Waals surface area contributed by atoms with Gasteiger partial charge in [-0.2, -0.15) is 0 Å². The largest absolute Gasteiger partial charge is 1.00 e. The Kier molecular flexibility index (Phi) is 12.9. The second-order valence-corrected chi connectivity index (χ2v) is 11.0. The van der Waals surface area contributed by atoms with Crippen molar-refractivity contribution >= 4 is 16.7 Å². The summed E-state index contributed by atoms with van der Waals surface area (Å²) in [5, 5.41) is 11.2. The Morgan fingerprint density at radius 2 is 1.45 bits per heavy atom. The van der Waals surface area contributed by atoms with Crippen LogP contribution >= 0.6 is 0 Å². The first kappa shape index (κ1) is 31.9. The fraction of sp³-hybridized carbons (Fsp3) is 0.531. The van der Waals surface area contributed by atoms with Crippen molar-refractivity contribution in [2.75, 3.05) is 38.6 Å². The van der Waals surface area contributed by atoms with Crippen LogP contribution in [0.5, 0.6) is 5.75 Å². The van der Waals surface area contributed by atoms with Crippen LogP contribution in [0.15, 0.2) is 51.7 Å². The van der Waals surface area contributed by atoms with Crippen molar-refractivity contribution in [3.05, 3.63) is 58.3 Å². The highest BCUT2D eigenvalue weighted by molar-refractivity contribution is 5.82. The second kappa shape index (κ2) is 15.3. The molecule has 0 aliphatic carbocycles. The van der Waals surface area contributed by atoms with Gasteiger partial charge in [-0.25, -0.2) is 0 Å². The topological polar surface area (TPSA) is 53.7 Å². The minimum atomic E-state index is -0.376. The van der Waals surface area contributed by atoms with E-state index in [0.717, 1.165) is 41.9 Å². The lowest BCUT2D eigenvalue weighted by atomic mass is 10.1. The van der Waals surface area contributed by atoms with Crippen molar-refractivity contribution in [1.82, 2.24) is 0 Å². The van der Waals surface area contributed by atoms with Crippen LogP contribution < -0.4 is 27.3 Å². The first-order valence-corrected chi connectivity index (χ1v) is 14.3. The Hall–Kier alpha value is -2.31. The SMILES string of the molecule is CCCCCCCCCC[N+](C)(C)Cc1ccc2oc(-c3ccc(N(CC)CC)cc3)c(O)c(=O)c2c1.[Br-]. The molecule has 38 heavy (non-hydrogen) atoms. The van der Waals surface area contributed by atoms with Crippen LogP contribution in [0, 0.1) is 0 Å². The highest BCUT2D eigenvalue weighted by Gasteiger charge is 2.19. The summed E-state index contributed by atoms with van der Waals surface area (Å²) in [6.07, 6.45) is 10.6. The Balaban J connectivity index is 0.00000507. The van der Waals surface area contributed by atoms with Gasteiger partial charge in [0.25, 0.3) is 0 Å². The first-order valence-electron chi connectivity index (χ1n) is 14.3. The molecular formula is C32H47BrN2O3. The Bertz CT molecular complexity index is 1180. The summed E-state index contributed by atoms with van der Waals surface area (Å²) in [5.74, 6) is -0.102. The van der Waals surface area contributed by atoms with Gasteiger partial charge >= 0.3 is 0 Å². The molecule has 0 spiro atoms. The van der Waals surface area contributed by atoms with E-state index in [-0.39, 0.29) is 33.9 Å². The van der Waals surface area contributed by atoms with E-state index < -0.39 is 0 Å². The molecule has 0 fully saturated rings. The van der Waals surface area contributed by atoms with Gasteiger partial charge < -0.3 is 35.9 Å². The summed E-state index contributed by atoms with van der Waals surface area (Å²) in [4.78, 5) is 15.4. The molecule has 210 valence electrons. The van der Waals surface area contributed by atoms with E-state index in [0.29, 0.717) is 16.5 Å². The van der Waals surface area contributed by atoms with Gasteiger partial charge in [-0.15, -0.1) is 0 Å².